The number of pyridine rings is 1. The third kappa shape index (κ3) is 8.04. The topological polar surface area (TPSA) is 86.8 Å². The lowest BCUT2D eigenvalue weighted by Gasteiger charge is -2.19. The zero-order valence-electron chi connectivity index (χ0n) is 14.0. The summed E-state index contributed by atoms with van der Waals surface area (Å²) in [6.07, 6.45) is 1.06. The molecule has 0 saturated heterocycles. The molecule has 7 heteroatoms. The predicted octanol–water partition coefficient (Wildman–Crippen LogP) is 2.55. The summed E-state index contributed by atoms with van der Waals surface area (Å²) in [7, 11) is 1.30. The second-order valence-electron chi connectivity index (χ2n) is 5.84. The van der Waals surface area contributed by atoms with Gasteiger partial charge < -0.3 is 19.5 Å². The van der Waals surface area contributed by atoms with Crippen LogP contribution in [0.3, 0.4) is 0 Å². The monoisotopic (exact) mass is 324 g/mol. The number of amides is 1. The summed E-state index contributed by atoms with van der Waals surface area (Å²) in [4.78, 5) is 26.8. The highest BCUT2D eigenvalue weighted by molar-refractivity contribution is 5.87. The molecule has 0 radical (unpaired) electrons. The Hall–Kier alpha value is -2.31. The molecule has 1 aromatic heterocycles. The lowest BCUT2D eigenvalue weighted by molar-refractivity contribution is 0.0525. The number of esters is 1. The number of hydrogen-bond acceptors (Lipinski definition) is 6. The Balaban J connectivity index is 2.20. The zero-order chi connectivity index (χ0) is 17.3. The molecule has 1 amide bonds. The van der Waals surface area contributed by atoms with Gasteiger partial charge in [-0.25, -0.2) is 14.6 Å². The number of aromatic nitrogens is 1. The molecule has 0 saturated carbocycles. The molecule has 0 bridgehead atoms. The summed E-state index contributed by atoms with van der Waals surface area (Å²) in [5, 5.41) is 2.68. The van der Waals surface area contributed by atoms with Gasteiger partial charge in [-0.2, -0.15) is 0 Å². The lowest BCUT2D eigenvalue weighted by Crippen LogP contribution is -2.33. The minimum atomic E-state index is -0.503. The van der Waals surface area contributed by atoms with Gasteiger partial charge in [0.25, 0.3) is 0 Å². The maximum absolute atomic E-state index is 11.4. The SMILES string of the molecule is COC(=O)c1cccc(OCCCCNC(=O)OC(C)(C)C)n1. The van der Waals surface area contributed by atoms with Crippen molar-refractivity contribution in [2.45, 2.75) is 39.2 Å². The fourth-order valence-corrected chi connectivity index (χ4v) is 1.62. The maximum Gasteiger partial charge on any atom is 0.407 e. The van der Waals surface area contributed by atoms with Crippen LogP contribution >= 0.6 is 0 Å². The maximum atomic E-state index is 11.4. The first-order chi connectivity index (χ1) is 10.8. The Kier molecular flexibility index (Phi) is 7.31. The first-order valence-electron chi connectivity index (χ1n) is 7.47. The fraction of sp³-hybridized carbons (Fsp3) is 0.562. The van der Waals surface area contributed by atoms with Crippen LogP contribution in [0.4, 0.5) is 4.79 Å². The van der Waals surface area contributed by atoms with Gasteiger partial charge in [0.05, 0.1) is 13.7 Å². The Morgan fingerprint density at radius 3 is 2.61 bits per heavy atom. The zero-order valence-corrected chi connectivity index (χ0v) is 14.0. The average Bonchev–Trinajstić information content (AvgIpc) is 2.48. The van der Waals surface area contributed by atoms with E-state index in [1.54, 1.807) is 18.2 Å². The summed E-state index contributed by atoms with van der Waals surface area (Å²) in [6.45, 7) is 6.39. The number of rotatable bonds is 7. The van der Waals surface area contributed by atoms with Crippen molar-refractivity contribution in [1.29, 1.82) is 0 Å². The van der Waals surface area contributed by atoms with E-state index in [2.05, 4.69) is 15.0 Å². The van der Waals surface area contributed by atoms with Crippen molar-refractivity contribution in [3.63, 3.8) is 0 Å². The van der Waals surface area contributed by atoms with E-state index in [0.29, 0.717) is 19.0 Å². The van der Waals surface area contributed by atoms with E-state index in [9.17, 15) is 9.59 Å². The van der Waals surface area contributed by atoms with Crippen LogP contribution < -0.4 is 10.1 Å². The molecule has 1 heterocycles. The van der Waals surface area contributed by atoms with E-state index in [4.69, 9.17) is 9.47 Å². The second-order valence-corrected chi connectivity index (χ2v) is 5.84. The number of methoxy groups -OCH3 is 1. The Morgan fingerprint density at radius 1 is 1.22 bits per heavy atom. The van der Waals surface area contributed by atoms with Crippen molar-refractivity contribution in [3.8, 4) is 5.88 Å². The molecule has 0 aliphatic rings. The molecule has 23 heavy (non-hydrogen) atoms. The quantitative estimate of drug-likeness (QED) is 0.613. The number of alkyl carbamates (subject to hydrolysis) is 1. The van der Waals surface area contributed by atoms with E-state index >= 15 is 0 Å². The molecule has 0 atom stereocenters. The molecule has 0 aromatic carbocycles. The summed E-state index contributed by atoms with van der Waals surface area (Å²) in [5.74, 6) is -0.134. The van der Waals surface area contributed by atoms with Crippen LogP contribution in [0.15, 0.2) is 18.2 Å². The summed E-state index contributed by atoms with van der Waals surface area (Å²) < 4.78 is 15.2. The molecular formula is C16H24N2O5. The van der Waals surface area contributed by atoms with E-state index in [0.717, 1.165) is 12.8 Å². The Morgan fingerprint density at radius 2 is 1.96 bits per heavy atom. The molecule has 0 unspecified atom stereocenters. The number of unbranched alkanes of at least 4 members (excludes halogenated alkanes) is 1. The number of ether oxygens (including phenoxy) is 3. The van der Waals surface area contributed by atoms with Gasteiger partial charge in [-0.15, -0.1) is 0 Å². The number of carbonyl (C=O) groups excluding carboxylic acids is 2. The average molecular weight is 324 g/mol. The van der Waals surface area contributed by atoms with Crippen molar-refractivity contribution >= 4 is 12.1 Å². The Labute approximate surface area is 136 Å². The van der Waals surface area contributed by atoms with Crippen LogP contribution in [0, 0.1) is 0 Å². The molecule has 1 rings (SSSR count). The minimum absolute atomic E-state index is 0.205. The second kappa shape index (κ2) is 8.97. The van der Waals surface area contributed by atoms with Gasteiger partial charge in [0.1, 0.15) is 5.60 Å². The van der Waals surface area contributed by atoms with Crippen molar-refractivity contribution in [3.05, 3.63) is 23.9 Å². The van der Waals surface area contributed by atoms with E-state index in [1.165, 1.54) is 7.11 Å². The largest absolute Gasteiger partial charge is 0.478 e. The highest BCUT2D eigenvalue weighted by Gasteiger charge is 2.15. The standard InChI is InChI=1S/C16H24N2O5/c1-16(2,3)23-15(20)17-10-5-6-11-22-13-9-7-8-12(18-13)14(19)21-4/h7-9H,5-6,10-11H2,1-4H3,(H,17,20). The third-order valence-electron chi connectivity index (χ3n) is 2.61. The molecule has 1 N–H and O–H groups in total. The highest BCUT2D eigenvalue weighted by Crippen LogP contribution is 2.09. The van der Waals surface area contributed by atoms with Gasteiger partial charge in [0.2, 0.25) is 5.88 Å². The molecule has 0 aliphatic carbocycles. The highest BCUT2D eigenvalue weighted by atomic mass is 16.6. The van der Waals surface area contributed by atoms with Gasteiger partial charge in [-0.3, -0.25) is 0 Å². The number of carbonyl (C=O) groups is 2. The van der Waals surface area contributed by atoms with Crippen molar-refractivity contribution < 1.29 is 23.8 Å². The van der Waals surface area contributed by atoms with Crippen LogP contribution in [0.5, 0.6) is 5.88 Å². The number of hydrogen-bond donors (Lipinski definition) is 1. The first-order valence-corrected chi connectivity index (χ1v) is 7.47. The molecule has 7 nitrogen and oxygen atoms in total. The molecule has 128 valence electrons. The summed E-state index contributed by atoms with van der Waals surface area (Å²) >= 11 is 0. The molecule has 1 aromatic rings. The van der Waals surface area contributed by atoms with E-state index < -0.39 is 17.7 Å². The van der Waals surface area contributed by atoms with Gasteiger partial charge >= 0.3 is 12.1 Å². The smallest absolute Gasteiger partial charge is 0.407 e. The van der Waals surface area contributed by atoms with E-state index in [-0.39, 0.29) is 5.69 Å². The molecule has 0 fully saturated rings. The van der Waals surface area contributed by atoms with Crippen molar-refractivity contribution in [2.24, 2.45) is 0 Å². The van der Waals surface area contributed by atoms with Crippen LogP contribution in [-0.4, -0.2) is 42.9 Å². The third-order valence-corrected chi connectivity index (χ3v) is 2.61. The van der Waals surface area contributed by atoms with Crippen molar-refractivity contribution in [2.75, 3.05) is 20.3 Å². The van der Waals surface area contributed by atoms with Crippen molar-refractivity contribution in [1.82, 2.24) is 10.3 Å². The summed E-state index contributed by atoms with van der Waals surface area (Å²) in [6, 6.07) is 4.91. The van der Waals surface area contributed by atoms with E-state index in [1.807, 2.05) is 20.8 Å². The predicted molar refractivity (Wildman–Crippen MR) is 84.5 cm³/mol. The molecular weight excluding hydrogens is 300 g/mol. The minimum Gasteiger partial charge on any atom is -0.478 e. The Bertz CT molecular complexity index is 525. The van der Waals surface area contributed by atoms with Crippen LogP contribution in [0.2, 0.25) is 0 Å². The van der Waals surface area contributed by atoms with Gasteiger partial charge in [0, 0.05) is 12.6 Å². The van der Waals surface area contributed by atoms with Crippen LogP contribution in [0.25, 0.3) is 0 Å². The molecule has 0 spiro atoms. The van der Waals surface area contributed by atoms with Gasteiger partial charge in [0.15, 0.2) is 5.69 Å². The van der Waals surface area contributed by atoms with Gasteiger partial charge in [-0.05, 0) is 39.7 Å². The normalized spacial score (nSPS) is 10.8. The molecule has 0 aliphatic heterocycles. The lowest BCUT2D eigenvalue weighted by atomic mass is 10.2. The first kappa shape index (κ1) is 18.7. The van der Waals surface area contributed by atoms with Crippen LogP contribution in [-0.2, 0) is 9.47 Å². The number of nitrogens with one attached hydrogen (secondary N) is 1. The van der Waals surface area contributed by atoms with Crippen LogP contribution in [0.1, 0.15) is 44.1 Å². The number of nitrogens with zero attached hydrogens (tertiary/aromatic N) is 1. The summed E-state index contributed by atoms with van der Waals surface area (Å²) in [5.41, 5.74) is -0.291. The fourth-order valence-electron chi connectivity index (χ4n) is 1.62. The van der Waals surface area contributed by atoms with Gasteiger partial charge in [-0.1, -0.05) is 6.07 Å².